The quantitative estimate of drug-likeness (QED) is 0.867. The van der Waals surface area contributed by atoms with Crippen molar-refractivity contribution in [2.24, 2.45) is 0 Å². The van der Waals surface area contributed by atoms with E-state index in [1.807, 2.05) is 38.8 Å². The molecule has 5 heteroatoms. The largest absolute Gasteiger partial charge is 0.335 e. The number of rotatable bonds is 5. The molecule has 0 aliphatic rings. The van der Waals surface area contributed by atoms with Crippen molar-refractivity contribution < 1.29 is 0 Å². The summed E-state index contributed by atoms with van der Waals surface area (Å²) in [6.45, 7) is 5.03. The second-order valence-electron chi connectivity index (χ2n) is 4.29. The maximum atomic E-state index is 4.39. The minimum absolute atomic E-state index is 0.0956. The molecule has 0 aliphatic heterocycles. The number of aryl methyl sites for hydroxylation is 2. The van der Waals surface area contributed by atoms with Gasteiger partial charge < -0.3 is 9.88 Å². The summed E-state index contributed by atoms with van der Waals surface area (Å²) in [4.78, 5) is 13.1. The standard InChI is InChI=1S/C13H19N5/c1-4-18-6-5-15-12(18)7-11(14-3)13-16-8-10(2)9-17-13/h5-6,8-9,11,14H,4,7H2,1-3H3. The third kappa shape index (κ3) is 2.73. The molecule has 18 heavy (non-hydrogen) atoms. The van der Waals surface area contributed by atoms with Crippen molar-refractivity contribution in [2.75, 3.05) is 7.05 Å². The van der Waals surface area contributed by atoms with Gasteiger partial charge in [0, 0.05) is 37.8 Å². The van der Waals surface area contributed by atoms with Crippen LogP contribution in [0.3, 0.4) is 0 Å². The number of hydrogen-bond acceptors (Lipinski definition) is 4. The lowest BCUT2D eigenvalue weighted by molar-refractivity contribution is 0.526. The molecule has 1 unspecified atom stereocenters. The molecule has 0 bridgehead atoms. The van der Waals surface area contributed by atoms with E-state index in [2.05, 4.69) is 31.8 Å². The highest BCUT2D eigenvalue weighted by atomic mass is 15.1. The molecule has 1 N–H and O–H groups in total. The van der Waals surface area contributed by atoms with Gasteiger partial charge in [-0.25, -0.2) is 15.0 Å². The Morgan fingerprint density at radius 3 is 2.61 bits per heavy atom. The van der Waals surface area contributed by atoms with Crippen LogP contribution >= 0.6 is 0 Å². The fourth-order valence-electron chi connectivity index (χ4n) is 1.91. The highest BCUT2D eigenvalue weighted by Gasteiger charge is 2.15. The Morgan fingerprint density at radius 2 is 2.00 bits per heavy atom. The summed E-state index contributed by atoms with van der Waals surface area (Å²) in [6, 6.07) is 0.0956. The minimum Gasteiger partial charge on any atom is -0.335 e. The molecule has 2 heterocycles. The maximum Gasteiger partial charge on any atom is 0.145 e. The van der Waals surface area contributed by atoms with Crippen LogP contribution in [-0.2, 0) is 13.0 Å². The SMILES string of the molecule is CCn1ccnc1CC(NC)c1ncc(C)cn1. The zero-order valence-corrected chi connectivity index (χ0v) is 11.1. The number of nitrogens with zero attached hydrogens (tertiary/aromatic N) is 4. The number of imidazole rings is 1. The van der Waals surface area contributed by atoms with Crippen molar-refractivity contribution >= 4 is 0 Å². The number of aromatic nitrogens is 4. The predicted molar refractivity (Wildman–Crippen MR) is 70.2 cm³/mol. The van der Waals surface area contributed by atoms with Gasteiger partial charge in [0.05, 0.1) is 6.04 Å². The lowest BCUT2D eigenvalue weighted by Gasteiger charge is -2.15. The first-order valence-corrected chi connectivity index (χ1v) is 6.20. The molecule has 0 aliphatic carbocycles. The summed E-state index contributed by atoms with van der Waals surface area (Å²) < 4.78 is 2.14. The lowest BCUT2D eigenvalue weighted by Crippen LogP contribution is -2.23. The van der Waals surface area contributed by atoms with Crippen molar-refractivity contribution in [3.63, 3.8) is 0 Å². The van der Waals surface area contributed by atoms with E-state index in [9.17, 15) is 0 Å². The first-order valence-electron chi connectivity index (χ1n) is 6.20. The van der Waals surface area contributed by atoms with Crippen LogP contribution in [0.5, 0.6) is 0 Å². The topological polar surface area (TPSA) is 55.6 Å². The summed E-state index contributed by atoms with van der Waals surface area (Å²) in [5.41, 5.74) is 1.07. The zero-order chi connectivity index (χ0) is 13.0. The van der Waals surface area contributed by atoms with E-state index >= 15 is 0 Å². The van der Waals surface area contributed by atoms with Crippen LogP contribution in [0, 0.1) is 6.92 Å². The molecule has 0 radical (unpaired) electrons. The minimum atomic E-state index is 0.0956. The van der Waals surface area contributed by atoms with Gasteiger partial charge in [0.25, 0.3) is 0 Å². The van der Waals surface area contributed by atoms with E-state index in [0.717, 1.165) is 30.2 Å². The van der Waals surface area contributed by atoms with Crippen LogP contribution in [0.1, 0.15) is 30.2 Å². The molecule has 0 saturated heterocycles. The maximum absolute atomic E-state index is 4.39. The van der Waals surface area contributed by atoms with Gasteiger partial charge in [-0.15, -0.1) is 0 Å². The van der Waals surface area contributed by atoms with Gasteiger partial charge in [0.2, 0.25) is 0 Å². The molecule has 2 aromatic rings. The third-order valence-electron chi connectivity index (χ3n) is 2.99. The van der Waals surface area contributed by atoms with Crippen LogP contribution in [0.2, 0.25) is 0 Å². The third-order valence-corrected chi connectivity index (χ3v) is 2.99. The van der Waals surface area contributed by atoms with Gasteiger partial charge >= 0.3 is 0 Å². The Balaban J connectivity index is 2.17. The van der Waals surface area contributed by atoms with Gasteiger partial charge in [-0.1, -0.05) is 0 Å². The predicted octanol–water partition coefficient (Wildman–Crippen LogP) is 1.50. The van der Waals surface area contributed by atoms with E-state index in [-0.39, 0.29) is 6.04 Å². The first kappa shape index (κ1) is 12.7. The van der Waals surface area contributed by atoms with Gasteiger partial charge in [-0.2, -0.15) is 0 Å². The summed E-state index contributed by atoms with van der Waals surface area (Å²) >= 11 is 0. The molecule has 5 nitrogen and oxygen atoms in total. The summed E-state index contributed by atoms with van der Waals surface area (Å²) in [6.07, 6.45) is 8.32. The second kappa shape index (κ2) is 5.73. The number of nitrogens with one attached hydrogen (secondary N) is 1. The van der Waals surface area contributed by atoms with Crippen LogP contribution in [0.4, 0.5) is 0 Å². The van der Waals surface area contributed by atoms with E-state index in [4.69, 9.17) is 0 Å². The fraction of sp³-hybridized carbons (Fsp3) is 0.462. The van der Waals surface area contributed by atoms with Crippen molar-refractivity contribution in [3.05, 3.63) is 42.0 Å². The van der Waals surface area contributed by atoms with Crippen molar-refractivity contribution in [1.82, 2.24) is 24.8 Å². The molecule has 96 valence electrons. The van der Waals surface area contributed by atoms with Crippen LogP contribution in [0.15, 0.2) is 24.8 Å². The summed E-state index contributed by atoms with van der Waals surface area (Å²) in [7, 11) is 1.92. The Kier molecular flexibility index (Phi) is 4.04. The molecule has 2 aromatic heterocycles. The normalized spacial score (nSPS) is 12.6. The average molecular weight is 245 g/mol. The van der Waals surface area contributed by atoms with Crippen molar-refractivity contribution in [1.29, 1.82) is 0 Å². The Labute approximate surface area is 107 Å². The lowest BCUT2D eigenvalue weighted by atomic mass is 10.2. The van der Waals surface area contributed by atoms with Crippen molar-refractivity contribution in [3.8, 4) is 0 Å². The number of hydrogen-bond donors (Lipinski definition) is 1. The molecular weight excluding hydrogens is 226 g/mol. The van der Waals surface area contributed by atoms with E-state index < -0.39 is 0 Å². The van der Waals surface area contributed by atoms with Gasteiger partial charge in [-0.3, -0.25) is 0 Å². The summed E-state index contributed by atoms with van der Waals surface area (Å²) in [5, 5.41) is 3.25. The number of likely N-dealkylation sites (N-methyl/N-ethyl adjacent to an activating group) is 1. The van der Waals surface area contributed by atoms with Gasteiger partial charge in [0.15, 0.2) is 0 Å². The fourth-order valence-corrected chi connectivity index (χ4v) is 1.91. The molecule has 0 fully saturated rings. The Morgan fingerprint density at radius 1 is 1.28 bits per heavy atom. The van der Waals surface area contributed by atoms with Gasteiger partial charge in [0.1, 0.15) is 11.6 Å². The van der Waals surface area contributed by atoms with Crippen LogP contribution in [0.25, 0.3) is 0 Å². The Bertz CT molecular complexity index is 488. The van der Waals surface area contributed by atoms with Crippen molar-refractivity contribution in [2.45, 2.75) is 32.9 Å². The Hall–Kier alpha value is -1.75. The zero-order valence-electron chi connectivity index (χ0n) is 11.1. The monoisotopic (exact) mass is 245 g/mol. The smallest absolute Gasteiger partial charge is 0.145 e. The van der Waals surface area contributed by atoms with Crippen LogP contribution < -0.4 is 5.32 Å². The van der Waals surface area contributed by atoms with E-state index in [0.29, 0.717) is 0 Å². The highest BCUT2D eigenvalue weighted by Crippen LogP contribution is 2.13. The highest BCUT2D eigenvalue weighted by molar-refractivity contribution is 5.07. The van der Waals surface area contributed by atoms with E-state index in [1.54, 1.807) is 0 Å². The molecule has 0 amide bonds. The van der Waals surface area contributed by atoms with Gasteiger partial charge in [-0.05, 0) is 26.5 Å². The first-order chi connectivity index (χ1) is 8.74. The van der Waals surface area contributed by atoms with E-state index in [1.165, 1.54) is 0 Å². The van der Waals surface area contributed by atoms with Crippen LogP contribution in [-0.4, -0.2) is 26.6 Å². The molecular formula is C13H19N5. The summed E-state index contributed by atoms with van der Waals surface area (Å²) in [5.74, 6) is 1.87. The average Bonchev–Trinajstić information content (AvgIpc) is 2.84. The molecule has 0 saturated carbocycles. The molecule has 0 aromatic carbocycles. The second-order valence-corrected chi connectivity index (χ2v) is 4.29. The molecule has 1 atom stereocenters. The molecule has 2 rings (SSSR count). The molecule has 0 spiro atoms.